The minimum atomic E-state index is 0.821. The molecular weight excluding hydrogens is 162 g/mol. The Kier molecular flexibility index (Phi) is 2.34. The molecule has 0 saturated heterocycles. The standard InChI is InChI=1S/C10H17N3/c1-3-8(2)9-4-5-13-7-11-12-10(13)6-9/h7-9H,3-6H2,1-2H3. The fraction of sp³-hybridized carbons (Fsp3) is 0.800. The summed E-state index contributed by atoms with van der Waals surface area (Å²) in [5.74, 6) is 2.82. The molecule has 0 bridgehead atoms. The molecule has 1 aromatic heterocycles. The van der Waals surface area contributed by atoms with Crippen LogP contribution in [0.15, 0.2) is 6.33 Å². The maximum atomic E-state index is 4.14. The van der Waals surface area contributed by atoms with Crippen molar-refractivity contribution in [2.75, 3.05) is 0 Å². The van der Waals surface area contributed by atoms with Gasteiger partial charge in [0.15, 0.2) is 0 Å². The normalized spacial score (nSPS) is 24.0. The SMILES string of the molecule is CCC(C)C1CCn2cnnc2C1. The molecule has 2 unspecified atom stereocenters. The van der Waals surface area contributed by atoms with E-state index >= 15 is 0 Å². The maximum Gasteiger partial charge on any atom is 0.133 e. The van der Waals surface area contributed by atoms with Crippen molar-refractivity contribution >= 4 is 0 Å². The summed E-state index contributed by atoms with van der Waals surface area (Å²) in [6, 6.07) is 0. The molecule has 0 aliphatic carbocycles. The van der Waals surface area contributed by atoms with Crippen LogP contribution in [-0.4, -0.2) is 14.8 Å². The quantitative estimate of drug-likeness (QED) is 0.694. The molecule has 1 aromatic rings. The first-order valence-corrected chi connectivity index (χ1v) is 5.18. The molecule has 1 aliphatic heterocycles. The van der Waals surface area contributed by atoms with E-state index in [1.807, 2.05) is 6.33 Å². The smallest absolute Gasteiger partial charge is 0.133 e. The van der Waals surface area contributed by atoms with Gasteiger partial charge in [-0.2, -0.15) is 0 Å². The Morgan fingerprint density at radius 3 is 3.31 bits per heavy atom. The van der Waals surface area contributed by atoms with E-state index in [0.717, 1.165) is 24.8 Å². The van der Waals surface area contributed by atoms with E-state index in [1.165, 1.54) is 18.7 Å². The first-order chi connectivity index (χ1) is 6.31. The Labute approximate surface area is 79.2 Å². The van der Waals surface area contributed by atoms with Crippen molar-refractivity contribution in [3.05, 3.63) is 12.2 Å². The van der Waals surface area contributed by atoms with Gasteiger partial charge in [0.05, 0.1) is 0 Å². The number of hydrogen-bond acceptors (Lipinski definition) is 2. The van der Waals surface area contributed by atoms with Gasteiger partial charge in [0.25, 0.3) is 0 Å². The topological polar surface area (TPSA) is 30.7 Å². The largest absolute Gasteiger partial charge is 0.318 e. The fourth-order valence-electron chi connectivity index (χ4n) is 2.08. The van der Waals surface area contributed by atoms with Gasteiger partial charge in [-0.15, -0.1) is 10.2 Å². The van der Waals surface area contributed by atoms with Crippen LogP contribution in [0.25, 0.3) is 0 Å². The summed E-state index contributed by atoms with van der Waals surface area (Å²) in [5, 5.41) is 8.07. The van der Waals surface area contributed by atoms with Crippen molar-refractivity contribution < 1.29 is 0 Å². The van der Waals surface area contributed by atoms with Gasteiger partial charge in [-0.05, 0) is 18.3 Å². The number of aryl methyl sites for hydroxylation is 1. The van der Waals surface area contributed by atoms with Crippen LogP contribution in [0.1, 0.15) is 32.5 Å². The number of aromatic nitrogens is 3. The molecule has 0 saturated carbocycles. The van der Waals surface area contributed by atoms with Gasteiger partial charge in [-0.1, -0.05) is 20.3 Å². The highest BCUT2D eigenvalue weighted by Crippen LogP contribution is 2.26. The van der Waals surface area contributed by atoms with Crippen LogP contribution in [0, 0.1) is 11.8 Å². The molecule has 0 fully saturated rings. The third kappa shape index (κ3) is 1.60. The molecule has 72 valence electrons. The minimum absolute atomic E-state index is 0.821. The first-order valence-electron chi connectivity index (χ1n) is 5.18. The molecule has 0 amide bonds. The summed E-state index contributed by atoms with van der Waals surface area (Å²) in [5.41, 5.74) is 0. The van der Waals surface area contributed by atoms with Crippen molar-refractivity contribution in [2.24, 2.45) is 11.8 Å². The van der Waals surface area contributed by atoms with Gasteiger partial charge in [-0.3, -0.25) is 0 Å². The monoisotopic (exact) mass is 179 g/mol. The number of nitrogens with zero attached hydrogens (tertiary/aromatic N) is 3. The third-order valence-corrected chi connectivity index (χ3v) is 3.33. The van der Waals surface area contributed by atoms with Crippen molar-refractivity contribution in [3.8, 4) is 0 Å². The molecule has 1 aliphatic rings. The lowest BCUT2D eigenvalue weighted by molar-refractivity contribution is 0.276. The van der Waals surface area contributed by atoms with Gasteiger partial charge in [0.2, 0.25) is 0 Å². The number of hydrogen-bond donors (Lipinski definition) is 0. The van der Waals surface area contributed by atoms with E-state index in [1.54, 1.807) is 0 Å². The van der Waals surface area contributed by atoms with Crippen molar-refractivity contribution in [1.29, 1.82) is 0 Å². The predicted octanol–water partition coefficient (Wildman–Crippen LogP) is 1.89. The second-order valence-electron chi connectivity index (χ2n) is 4.08. The highest BCUT2D eigenvalue weighted by molar-refractivity contribution is 4.93. The molecule has 0 N–H and O–H groups in total. The second kappa shape index (κ2) is 3.48. The lowest BCUT2D eigenvalue weighted by Crippen LogP contribution is -2.23. The van der Waals surface area contributed by atoms with E-state index in [9.17, 15) is 0 Å². The van der Waals surface area contributed by atoms with E-state index in [4.69, 9.17) is 0 Å². The Hall–Kier alpha value is -0.860. The molecule has 3 nitrogen and oxygen atoms in total. The average molecular weight is 179 g/mol. The van der Waals surface area contributed by atoms with Crippen molar-refractivity contribution in [2.45, 2.75) is 39.7 Å². The molecule has 2 rings (SSSR count). The van der Waals surface area contributed by atoms with E-state index in [0.29, 0.717) is 0 Å². The summed E-state index contributed by atoms with van der Waals surface area (Å²) >= 11 is 0. The second-order valence-corrected chi connectivity index (χ2v) is 4.08. The predicted molar refractivity (Wildman–Crippen MR) is 51.3 cm³/mol. The van der Waals surface area contributed by atoms with Crippen molar-refractivity contribution in [1.82, 2.24) is 14.8 Å². The summed E-state index contributed by atoms with van der Waals surface area (Å²) in [7, 11) is 0. The Balaban J connectivity index is 2.08. The van der Waals surface area contributed by atoms with Crippen LogP contribution in [-0.2, 0) is 13.0 Å². The number of rotatable bonds is 2. The van der Waals surface area contributed by atoms with Crippen LogP contribution < -0.4 is 0 Å². The molecule has 2 heterocycles. The van der Waals surface area contributed by atoms with Crippen molar-refractivity contribution in [3.63, 3.8) is 0 Å². The summed E-state index contributed by atoms with van der Waals surface area (Å²) in [6.07, 6.45) is 5.54. The minimum Gasteiger partial charge on any atom is -0.318 e. The molecule has 0 radical (unpaired) electrons. The van der Waals surface area contributed by atoms with Gasteiger partial charge in [-0.25, -0.2) is 0 Å². The first kappa shape index (κ1) is 8.73. The summed E-state index contributed by atoms with van der Waals surface area (Å²) in [4.78, 5) is 0. The molecular formula is C10H17N3. The lowest BCUT2D eigenvalue weighted by Gasteiger charge is -2.27. The maximum absolute atomic E-state index is 4.14. The third-order valence-electron chi connectivity index (χ3n) is 3.33. The van der Waals surface area contributed by atoms with Crippen LogP contribution in [0.4, 0.5) is 0 Å². The average Bonchev–Trinajstić information content (AvgIpc) is 2.63. The molecule has 0 aromatic carbocycles. The zero-order valence-electron chi connectivity index (χ0n) is 8.40. The lowest BCUT2D eigenvalue weighted by atomic mass is 9.84. The molecule has 13 heavy (non-hydrogen) atoms. The van der Waals surface area contributed by atoms with Gasteiger partial charge in [0.1, 0.15) is 12.2 Å². The zero-order chi connectivity index (χ0) is 9.26. The highest BCUT2D eigenvalue weighted by Gasteiger charge is 2.23. The molecule has 0 spiro atoms. The van der Waals surface area contributed by atoms with Crippen LogP contribution >= 0.6 is 0 Å². The van der Waals surface area contributed by atoms with Gasteiger partial charge in [0, 0.05) is 13.0 Å². The van der Waals surface area contributed by atoms with E-state index in [2.05, 4.69) is 28.6 Å². The molecule has 2 atom stereocenters. The Morgan fingerprint density at radius 1 is 1.69 bits per heavy atom. The van der Waals surface area contributed by atoms with Gasteiger partial charge < -0.3 is 4.57 Å². The van der Waals surface area contributed by atoms with E-state index < -0.39 is 0 Å². The Bertz CT molecular complexity index is 279. The van der Waals surface area contributed by atoms with Crippen LogP contribution in [0.5, 0.6) is 0 Å². The summed E-state index contributed by atoms with van der Waals surface area (Å²) < 4.78 is 2.18. The Morgan fingerprint density at radius 2 is 2.54 bits per heavy atom. The van der Waals surface area contributed by atoms with Crippen LogP contribution in [0.2, 0.25) is 0 Å². The summed E-state index contributed by atoms with van der Waals surface area (Å²) in [6.45, 7) is 5.72. The number of fused-ring (bicyclic) bond motifs is 1. The zero-order valence-corrected chi connectivity index (χ0v) is 8.40. The fourth-order valence-corrected chi connectivity index (χ4v) is 2.08. The molecule has 3 heteroatoms. The van der Waals surface area contributed by atoms with E-state index in [-0.39, 0.29) is 0 Å². The van der Waals surface area contributed by atoms with Crippen LogP contribution in [0.3, 0.4) is 0 Å². The highest BCUT2D eigenvalue weighted by atomic mass is 15.3. The van der Waals surface area contributed by atoms with Gasteiger partial charge >= 0.3 is 0 Å².